The number of aliphatic imine (C=N–C) groups is 1. The third-order valence-corrected chi connectivity index (χ3v) is 3.78. The predicted octanol–water partition coefficient (Wildman–Crippen LogP) is 2.89. The number of nitrogens with zero attached hydrogens (tertiary/aromatic N) is 2. The Bertz CT molecular complexity index is 465. The molecule has 0 spiro atoms. The summed E-state index contributed by atoms with van der Waals surface area (Å²) in [5, 5.41) is 7.65. The van der Waals surface area contributed by atoms with E-state index in [4.69, 9.17) is 15.9 Å². The van der Waals surface area contributed by atoms with Crippen molar-refractivity contribution in [3.63, 3.8) is 0 Å². The number of ether oxygens (including phenoxy) is 1. The molecule has 126 valence electrons. The minimum Gasteiger partial charge on any atom is -0.402 e. The van der Waals surface area contributed by atoms with Crippen molar-refractivity contribution in [2.75, 3.05) is 27.4 Å². The molecule has 0 aromatic carbocycles. The highest BCUT2D eigenvalue weighted by Gasteiger charge is 2.18. The molecule has 0 saturated heterocycles. The molecule has 22 heavy (non-hydrogen) atoms. The summed E-state index contributed by atoms with van der Waals surface area (Å²) in [7, 11) is 3.24. The van der Waals surface area contributed by atoms with Crippen molar-refractivity contribution in [1.29, 1.82) is 5.41 Å². The van der Waals surface area contributed by atoms with Gasteiger partial charge in [-0.05, 0) is 38.3 Å². The number of methoxy groups -OCH3 is 1. The van der Waals surface area contributed by atoms with Crippen LogP contribution in [-0.2, 0) is 4.74 Å². The molecular formula is C16H29FN4O. The fourth-order valence-corrected chi connectivity index (χ4v) is 2.17. The molecule has 0 aromatic heterocycles. The zero-order chi connectivity index (χ0) is 17.3. The van der Waals surface area contributed by atoms with Gasteiger partial charge >= 0.3 is 0 Å². The minimum atomic E-state index is -0.590. The molecule has 1 atom stereocenters. The first-order valence-electron chi connectivity index (χ1n) is 7.34. The summed E-state index contributed by atoms with van der Waals surface area (Å²) in [5.41, 5.74) is 8.84. The van der Waals surface area contributed by atoms with Gasteiger partial charge in [0.2, 0.25) is 0 Å². The number of halogens is 1. The average Bonchev–Trinajstić information content (AvgIpc) is 2.52. The summed E-state index contributed by atoms with van der Waals surface area (Å²) in [6, 6.07) is 0. The molecule has 0 rings (SSSR count). The highest BCUT2D eigenvalue weighted by molar-refractivity contribution is 6.04. The monoisotopic (exact) mass is 312 g/mol. The van der Waals surface area contributed by atoms with Crippen LogP contribution in [0.2, 0.25) is 0 Å². The van der Waals surface area contributed by atoms with Crippen LogP contribution in [0.3, 0.4) is 0 Å². The van der Waals surface area contributed by atoms with Crippen molar-refractivity contribution in [2.45, 2.75) is 40.2 Å². The number of nitrogens with one attached hydrogen (secondary N) is 1. The Balaban J connectivity index is 5.61. The molecule has 6 heteroatoms. The first-order chi connectivity index (χ1) is 10.4. The molecule has 0 heterocycles. The van der Waals surface area contributed by atoms with Crippen molar-refractivity contribution in [3.05, 3.63) is 22.4 Å². The van der Waals surface area contributed by atoms with E-state index < -0.39 is 6.67 Å². The predicted molar refractivity (Wildman–Crippen MR) is 91.2 cm³/mol. The van der Waals surface area contributed by atoms with Crippen molar-refractivity contribution in [3.8, 4) is 0 Å². The molecule has 1 unspecified atom stereocenters. The molecule has 0 radical (unpaired) electrons. The lowest BCUT2D eigenvalue weighted by Gasteiger charge is -2.25. The molecule has 0 saturated carbocycles. The Morgan fingerprint density at radius 2 is 2.05 bits per heavy atom. The van der Waals surface area contributed by atoms with Crippen molar-refractivity contribution >= 4 is 12.2 Å². The van der Waals surface area contributed by atoms with Crippen molar-refractivity contribution in [2.24, 2.45) is 10.7 Å². The summed E-state index contributed by atoms with van der Waals surface area (Å²) >= 11 is 0. The molecule has 0 aliphatic heterocycles. The standard InChI is InChI=1S/C16H29FN4O/c1-7-15(12(3)19)16(20-5)21(10-18)9-14(8-17)11(2)13(4)22-6/h10,13,18H,7-9,19H2,1-6H3/b14-11+,15-12+,18-10?,20-16?. The normalized spacial score (nSPS) is 15.9. The smallest absolute Gasteiger partial charge is 0.133 e. The molecule has 0 aromatic rings. The molecule has 5 nitrogen and oxygen atoms in total. The Kier molecular flexibility index (Phi) is 9.33. The van der Waals surface area contributed by atoms with Crippen LogP contribution >= 0.6 is 0 Å². The highest BCUT2D eigenvalue weighted by atomic mass is 19.1. The van der Waals surface area contributed by atoms with E-state index in [0.29, 0.717) is 23.5 Å². The zero-order valence-electron chi connectivity index (χ0n) is 14.5. The van der Waals surface area contributed by atoms with Gasteiger partial charge in [-0.1, -0.05) is 6.92 Å². The quantitative estimate of drug-likeness (QED) is 0.411. The van der Waals surface area contributed by atoms with Gasteiger partial charge in [-0.15, -0.1) is 0 Å². The van der Waals surface area contributed by atoms with Crippen LogP contribution in [-0.4, -0.2) is 50.6 Å². The second-order valence-electron chi connectivity index (χ2n) is 5.12. The number of amidine groups is 1. The summed E-state index contributed by atoms with van der Waals surface area (Å²) in [6.45, 7) is 7.16. The number of hydrogen-bond donors (Lipinski definition) is 2. The van der Waals surface area contributed by atoms with Crippen molar-refractivity contribution < 1.29 is 9.13 Å². The van der Waals surface area contributed by atoms with Gasteiger partial charge in [0, 0.05) is 32.0 Å². The lowest BCUT2D eigenvalue weighted by atomic mass is 10.0. The van der Waals surface area contributed by atoms with E-state index >= 15 is 0 Å². The van der Waals surface area contributed by atoms with Gasteiger partial charge in [0.05, 0.1) is 12.4 Å². The van der Waals surface area contributed by atoms with Gasteiger partial charge in [0.1, 0.15) is 12.5 Å². The molecule has 3 N–H and O–H groups in total. The van der Waals surface area contributed by atoms with Gasteiger partial charge in [0.25, 0.3) is 0 Å². The topological polar surface area (TPSA) is 74.7 Å². The Hall–Kier alpha value is -1.69. The van der Waals surface area contributed by atoms with Crippen LogP contribution in [0.1, 0.15) is 34.1 Å². The van der Waals surface area contributed by atoms with Gasteiger partial charge < -0.3 is 15.4 Å². The Morgan fingerprint density at radius 1 is 1.45 bits per heavy atom. The van der Waals surface area contributed by atoms with E-state index in [1.54, 1.807) is 26.0 Å². The first kappa shape index (κ1) is 20.3. The van der Waals surface area contributed by atoms with E-state index in [2.05, 4.69) is 4.99 Å². The van der Waals surface area contributed by atoms with Gasteiger partial charge in [0.15, 0.2) is 0 Å². The second-order valence-corrected chi connectivity index (χ2v) is 5.12. The first-order valence-corrected chi connectivity index (χ1v) is 7.34. The fourth-order valence-electron chi connectivity index (χ4n) is 2.17. The van der Waals surface area contributed by atoms with Crippen LogP contribution in [0, 0.1) is 5.41 Å². The van der Waals surface area contributed by atoms with Gasteiger partial charge in [-0.25, -0.2) is 4.39 Å². The Labute approximate surface area is 133 Å². The summed E-state index contributed by atoms with van der Waals surface area (Å²) in [6.07, 6.45) is 1.68. The van der Waals surface area contributed by atoms with Gasteiger partial charge in [-0.3, -0.25) is 10.4 Å². The third-order valence-electron chi connectivity index (χ3n) is 3.78. The number of nitrogens with two attached hydrogens (primary N) is 1. The SMILES string of the molecule is CC/C(C(=NC)N(C=N)C/C(CF)=C(\C)C(C)OC)=C(/C)N. The van der Waals surface area contributed by atoms with E-state index in [1.807, 2.05) is 20.8 Å². The molecule has 0 amide bonds. The van der Waals surface area contributed by atoms with E-state index in [0.717, 1.165) is 17.5 Å². The van der Waals surface area contributed by atoms with Crippen LogP contribution in [0.5, 0.6) is 0 Å². The highest BCUT2D eigenvalue weighted by Crippen LogP contribution is 2.16. The lowest BCUT2D eigenvalue weighted by Crippen LogP contribution is -2.34. The molecular weight excluding hydrogens is 283 g/mol. The summed E-state index contributed by atoms with van der Waals surface area (Å²) in [5.74, 6) is 0.598. The number of hydrogen-bond acceptors (Lipinski definition) is 4. The number of alkyl halides is 1. The Morgan fingerprint density at radius 3 is 2.36 bits per heavy atom. The van der Waals surface area contributed by atoms with E-state index in [9.17, 15) is 4.39 Å². The molecule has 0 fully saturated rings. The third kappa shape index (κ3) is 5.26. The van der Waals surface area contributed by atoms with Crippen molar-refractivity contribution in [1.82, 2.24) is 4.90 Å². The van der Waals surface area contributed by atoms with E-state index in [1.165, 1.54) is 0 Å². The molecule has 0 aliphatic carbocycles. The maximum absolute atomic E-state index is 13.4. The molecule has 0 bridgehead atoms. The van der Waals surface area contributed by atoms with E-state index in [-0.39, 0.29) is 12.6 Å². The van der Waals surface area contributed by atoms with Crippen LogP contribution in [0.25, 0.3) is 0 Å². The maximum atomic E-state index is 13.4. The lowest BCUT2D eigenvalue weighted by molar-refractivity contribution is 0.145. The van der Waals surface area contributed by atoms with Crippen LogP contribution < -0.4 is 5.73 Å². The largest absolute Gasteiger partial charge is 0.402 e. The number of allylic oxidation sites excluding steroid dienone is 1. The average molecular weight is 312 g/mol. The fraction of sp³-hybridized carbons (Fsp3) is 0.625. The zero-order valence-corrected chi connectivity index (χ0v) is 14.5. The second kappa shape index (κ2) is 10.1. The maximum Gasteiger partial charge on any atom is 0.133 e. The summed E-state index contributed by atoms with van der Waals surface area (Å²) in [4.78, 5) is 5.85. The molecule has 0 aliphatic rings. The number of rotatable bonds is 8. The summed E-state index contributed by atoms with van der Waals surface area (Å²) < 4.78 is 18.7. The van der Waals surface area contributed by atoms with Crippen LogP contribution in [0.4, 0.5) is 4.39 Å². The van der Waals surface area contributed by atoms with Crippen LogP contribution in [0.15, 0.2) is 27.4 Å². The van der Waals surface area contributed by atoms with Gasteiger partial charge in [-0.2, -0.15) is 0 Å². The minimum absolute atomic E-state index is 0.169.